The smallest absolute Gasteiger partial charge is 0.337 e. The SMILES string of the molecule is CCCCCn1cc(C(=O)O)c2ccc(Cl)cc21. The summed E-state index contributed by atoms with van der Waals surface area (Å²) in [6, 6.07) is 5.33. The van der Waals surface area contributed by atoms with E-state index in [1.165, 1.54) is 0 Å². The Morgan fingerprint density at radius 2 is 2.17 bits per heavy atom. The van der Waals surface area contributed by atoms with Gasteiger partial charge in [0.05, 0.1) is 11.1 Å². The van der Waals surface area contributed by atoms with Crippen molar-refractivity contribution in [1.82, 2.24) is 4.57 Å². The molecule has 0 spiro atoms. The zero-order valence-corrected chi connectivity index (χ0v) is 11.1. The minimum Gasteiger partial charge on any atom is -0.478 e. The number of nitrogens with zero attached hydrogens (tertiary/aromatic N) is 1. The van der Waals surface area contributed by atoms with Gasteiger partial charge in [0.25, 0.3) is 0 Å². The third-order valence-corrected chi connectivity index (χ3v) is 3.31. The van der Waals surface area contributed by atoms with Crippen molar-refractivity contribution in [1.29, 1.82) is 0 Å². The lowest BCUT2D eigenvalue weighted by Crippen LogP contribution is -1.97. The van der Waals surface area contributed by atoms with E-state index in [0.29, 0.717) is 10.6 Å². The van der Waals surface area contributed by atoms with E-state index < -0.39 is 5.97 Å². The number of carboxylic acid groups (broad SMARTS) is 1. The fraction of sp³-hybridized carbons (Fsp3) is 0.357. The molecule has 0 aliphatic carbocycles. The summed E-state index contributed by atoms with van der Waals surface area (Å²) in [6.07, 6.45) is 5.04. The standard InChI is InChI=1S/C14H16ClNO2/c1-2-3-4-7-16-9-12(14(17)18)11-6-5-10(15)8-13(11)16/h5-6,8-9H,2-4,7H2,1H3,(H,17,18). The molecule has 1 heterocycles. The first kappa shape index (κ1) is 13.0. The number of carboxylic acids is 1. The summed E-state index contributed by atoms with van der Waals surface area (Å²) in [5, 5.41) is 10.6. The molecule has 0 amide bonds. The predicted molar refractivity (Wildman–Crippen MR) is 73.4 cm³/mol. The van der Waals surface area contributed by atoms with E-state index in [-0.39, 0.29) is 0 Å². The van der Waals surface area contributed by atoms with E-state index in [0.717, 1.165) is 36.7 Å². The van der Waals surface area contributed by atoms with Gasteiger partial charge in [0.1, 0.15) is 0 Å². The van der Waals surface area contributed by atoms with Crippen LogP contribution in [0, 0.1) is 0 Å². The molecule has 96 valence electrons. The predicted octanol–water partition coefficient (Wildman–Crippen LogP) is 4.18. The van der Waals surface area contributed by atoms with Gasteiger partial charge >= 0.3 is 5.97 Å². The molecule has 4 heteroatoms. The molecule has 0 bridgehead atoms. The van der Waals surface area contributed by atoms with Crippen molar-refractivity contribution in [2.45, 2.75) is 32.7 Å². The topological polar surface area (TPSA) is 42.2 Å². The molecule has 2 rings (SSSR count). The first-order chi connectivity index (χ1) is 8.63. The minimum absolute atomic E-state index is 0.346. The number of hydrogen-bond donors (Lipinski definition) is 1. The van der Waals surface area contributed by atoms with Gasteiger partial charge in [-0.05, 0) is 18.6 Å². The Balaban J connectivity index is 2.44. The fourth-order valence-corrected chi connectivity index (χ4v) is 2.32. The van der Waals surface area contributed by atoms with Crippen molar-refractivity contribution in [3.05, 3.63) is 35.0 Å². The molecule has 0 radical (unpaired) electrons. The Labute approximate surface area is 111 Å². The normalized spacial score (nSPS) is 11.0. The second-order valence-corrected chi connectivity index (χ2v) is 4.85. The maximum atomic E-state index is 11.2. The quantitative estimate of drug-likeness (QED) is 0.824. The van der Waals surface area contributed by atoms with E-state index in [9.17, 15) is 9.90 Å². The minimum atomic E-state index is -0.892. The molecule has 1 N–H and O–H groups in total. The third-order valence-electron chi connectivity index (χ3n) is 3.08. The Hall–Kier alpha value is -1.48. The first-order valence-electron chi connectivity index (χ1n) is 6.15. The van der Waals surface area contributed by atoms with Crippen molar-refractivity contribution < 1.29 is 9.90 Å². The number of rotatable bonds is 5. The van der Waals surface area contributed by atoms with Crippen LogP contribution in [-0.2, 0) is 6.54 Å². The lowest BCUT2D eigenvalue weighted by molar-refractivity contribution is 0.0699. The molecular weight excluding hydrogens is 250 g/mol. The van der Waals surface area contributed by atoms with E-state index in [2.05, 4.69) is 6.92 Å². The van der Waals surface area contributed by atoms with Crippen molar-refractivity contribution in [2.24, 2.45) is 0 Å². The van der Waals surface area contributed by atoms with Gasteiger partial charge in [-0.25, -0.2) is 4.79 Å². The van der Waals surface area contributed by atoms with Crippen LogP contribution in [0.4, 0.5) is 0 Å². The molecule has 0 aliphatic rings. The second kappa shape index (κ2) is 5.44. The molecule has 0 saturated carbocycles. The maximum absolute atomic E-state index is 11.2. The van der Waals surface area contributed by atoms with Crippen LogP contribution < -0.4 is 0 Å². The monoisotopic (exact) mass is 265 g/mol. The molecule has 1 aromatic carbocycles. The number of benzene rings is 1. The van der Waals surface area contributed by atoms with Crippen molar-refractivity contribution in [3.8, 4) is 0 Å². The van der Waals surface area contributed by atoms with Gasteiger partial charge in [0, 0.05) is 23.2 Å². The highest BCUT2D eigenvalue weighted by molar-refractivity contribution is 6.31. The van der Waals surface area contributed by atoms with Gasteiger partial charge < -0.3 is 9.67 Å². The van der Waals surface area contributed by atoms with E-state index >= 15 is 0 Å². The summed E-state index contributed by atoms with van der Waals surface area (Å²) in [5.74, 6) is -0.892. The number of hydrogen-bond acceptors (Lipinski definition) is 1. The highest BCUT2D eigenvalue weighted by Gasteiger charge is 2.13. The number of aromatic carboxylic acids is 1. The Kier molecular flexibility index (Phi) is 3.92. The van der Waals surface area contributed by atoms with E-state index in [4.69, 9.17) is 11.6 Å². The van der Waals surface area contributed by atoms with Crippen LogP contribution in [-0.4, -0.2) is 15.6 Å². The van der Waals surface area contributed by atoms with Crippen LogP contribution in [0.2, 0.25) is 5.02 Å². The zero-order valence-electron chi connectivity index (χ0n) is 10.3. The van der Waals surface area contributed by atoms with Crippen molar-refractivity contribution in [2.75, 3.05) is 0 Å². The molecular formula is C14H16ClNO2. The number of aromatic nitrogens is 1. The first-order valence-corrected chi connectivity index (χ1v) is 6.53. The lowest BCUT2D eigenvalue weighted by atomic mass is 10.2. The molecule has 0 unspecified atom stereocenters. The highest BCUT2D eigenvalue weighted by atomic mass is 35.5. The number of aryl methyl sites for hydroxylation is 1. The second-order valence-electron chi connectivity index (χ2n) is 4.41. The van der Waals surface area contributed by atoms with Crippen molar-refractivity contribution in [3.63, 3.8) is 0 Å². The summed E-state index contributed by atoms with van der Waals surface area (Å²) in [6.45, 7) is 2.98. The molecule has 0 fully saturated rings. The lowest BCUT2D eigenvalue weighted by Gasteiger charge is -2.04. The zero-order chi connectivity index (χ0) is 13.1. The third kappa shape index (κ3) is 2.51. The molecule has 0 aliphatic heterocycles. The Morgan fingerprint density at radius 3 is 2.83 bits per heavy atom. The van der Waals surface area contributed by atoms with Crippen LogP contribution in [0.25, 0.3) is 10.9 Å². The molecule has 0 atom stereocenters. The molecule has 1 aromatic heterocycles. The maximum Gasteiger partial charge on any atom is 0.337 e. The molecule has 2 aromatic rings. The fourth-order valence-electron chi connectivity index (χ4n) is 2.15. The number of fused-ring (bicyclic) bond motifs is 1. The van der Waals surface area contributed by atoms with Gasteiger partial charge in [0.2, 0.25) is 0 Å². The van der Waals surface area contributed by atoms with Gasteiger partial charge in [-0.1, -0.05) is 37.4 Å². The number of unbranched alkanes of at least 4 members (excludes halogenated alkanes) is 2. The number of carbonyl (C=O) groups is 1. The molecule has 3 nitrogen and oxygen atoms in total. The average Bonchev–Trinajstić information content (AvgIpc) is 2.68. The van der Waals surface area contributed by atoms with Crippen LogP contribution in [0.1, 0.15) is 36.5 Å². The Morgan fingerprint density at radius 1 is 1.39 bits per heavy atom. The number of halogens is 1. The van der Waals surface area contributed by atoms with Gasteiger partial charge in [0.15, 0.2) is 0 Å². The van der Waals surface area contributed by atoms with Gasteiger partial charge in [-0.2, -0.15) is 0 Å². The molecule has 0 saturated heterocycles. The molecule has 18 heavy (non-hydrogen) atoms. The van der Waals surface area contributed by atoms with Crippen LogP contribution >= 0.6 is 11.6 Å². The van der Waals surface area contributed by atoms with Crippen LogP contribution in [0.15, 0.2) is 24.4 Å². The van der Waals surface area contributed by atoms with Crippen molar-refractivity contribution >= 4 is 28.5 Å². The Bertz CT molecular complexity index is 574. The van der Waals surface area contributed by atoms with E-state index in [1.807, 2.05) is 10.6 Å². The summed E-state index contributed by atoms with van der Waals surface area (Å²) < 4.78 is 1.99. The summed E-state index contributed by atoms with van der Waals surface area (Å²) in [5.41, 5.74) is 1.24. The average molecular weight is 266 g/mol. The summed E-state index contributed by atoms with van der Waals surface area (Å²) >= 11 is 5.98. The van der Waals surface area contributed by atoms with E-state index in [1.54, 1.807) is 18.3 Å². The van der Waals surface area contributed by atoms with Crippen LogP contribution in [0.5, 0.6) is 0 Å². The van der Waals surface area contributed by atoms with Crippen LogP contribution in [0.3, 0.4) is 0 Å². The highest BCUT2D eigenvalue weighted by Crippen LogP contribution is 2.25. The van der Waals surface area contributed by atoms with Gasteiger partial charge in [-0.3, -0.25) is 0 Å². The van der Waals surface area contributed by atoms with Gasteiger partial charge in [-0.15, -0.1) is 0 Å². The summed E-state index contributed by atoms with van der Waals surface area (Å²) in [7, 11) is 0. The summed E-state index contributed by atoms with van der Waals surface area (Å²) in [4.78, 5) is 11.2. The largest absolute Gasteiger partial charge is 0.478 e.